The molecule has 5 atom stereocenters. The number of rotatable bonds is 2. The van der Waals surface area contributed by atoms with Crippen molar-refractivity contribution in [2.24, 2.45) is 0 Å². The molecule has 4 rings (SSSR count). The second-order valence-corrected chi connectivity index (χ2v) is 6.88. The van der Waals surface area contributed by atoms with E-state index in [0.717, 1.165) is 0 Å². The average Bonchev–Trinajstić information content (AvgIpc) is 3.07. The van der Waals surface area contributed by atoms with Crippen LogP contribution < -0.4 is 0 Å². The van der Waals surface area contributed by atoms with Crippen LogP contribution in [0.4, 0.5) is 5.69 Å². The van der Waals surface area contributed by atoms with Gasteiger partial charge in [-0.3, -0.25) is 19.2 Å². The molecule has 2 aliphatic heterocycles. The largest absolute Gasteiger partial charge is 0.472 e. The molecule has 24 heavy (non-hydrogen) atoms. The standard InChI is InChI=1S/C12H12N3O8P/c16-10-11-9(4-21-24(19,20)23-11)22-12(10)14-5-13-7-2-1-6(15(17)18)3-8(7)14/h1-3,5,9-12,16H,4H2,(H,19,20)/t9-,10-,11-,12-/m1/s1. The first kappa shape index (κ1) is 15.6. The van der Waals surface area contributed by atoms with E-state index < -0.39 is 37.3 Å². The minimum absolute atomic E-state index is 0.131. The van der Waals surface area contributed by atoms with Crippen LogP contribution in [0.2, 0.25) is 0 Å². The summed E-state index contributed by atoms with van der Waals surface area (Å²) in [6.45, 7) is -0.210. The van der Waals surface area contributed by atoms with Gasteiger partial charge in [0.1, 0.15) is 18.3 Å². The van der Waals surface area contributed by atoms with E-state index in [4.69, 9.17) is 9.26 Å². The third kappa shape index (κ3) is 2.42. The van der Waals surface area contributed by atoms with Crippen molar-refractivity contribution in [3.8, 4) is 0 Å². The molecule has 3 heterocycles. The Morgan fingerprint density at radius 2 is 2.25 bits per heavy atom. The highest BCUT2D eigenvalue weighted by molar-refractivity contribution is 7.47. The van der Waals surface area contributed by atoms with Crippen LogP contribution >= 0.6 is 7.82 Å². The number of benzene rings is 1. The molecule has 2 saturated heterocycles. The molecular formula is C12H12N3O8P. The number of hydrogen-bond acceptors (Lipinski definition) is 8. The van der Waals surface area contributed by atoms with Gasteiger partial charge in [0.2, 0.25) is 0 Å². The number of phosphoric acid groups is 1. The monoisotopic (exact) mass is 357 g/mol. The molecule has 1 aromatic carbocycles. The summed E-state index contributed by atoms with van der Waals surface area (Å²) in [6, 6.07) is 4.12. The summed E-state index contributed by atoms with van der Waals surface area (Å²) >= 11 is 0. The molecule has 128 valence electrons. The smallest absolute Gasteiger partial charge is 0.386 e. The van der Waals surface area contributed by atoms with E-state index in [0.29, 0.717) is 11.0 Å². The van der Waals surface area contributed by atoms with E-state index in [1.807, 2.05) is 0 Å². The first-order valence-electron chi connectivity index (χ1n) is 6.96. The summed E-state index contributed by atoms with van der Waals surface area (Å²) in [4.78, 5) is 23.9. The number of hydrogen-bond donors (Lipinski definition) is 2. The number of phosphoric ester groups is 1. The van der Waals surface area contributed by atoms with Gasteiger partial charge < -0.3 is 19.3 Å². The normalized spacial score (nSPS) is 35.9. The Hall–Kier alpha value is -1.88. The highest BCUT2D eigenvalue weighted by atomic mass is 31.2. The van der Waals surface area contributed by atoms with Gasteiger partial charge in [0, 0.05) is 12.1 Å². The van der Waals surface area contributed by atoms with E-state index >= 15 is 0 Å². The number of aliphatic hydroxyl groups excluding tert-OH is 1. The third-order valence-electron chi connectivity index (χ3n) is 4.01. The van der Waals surface area contributed by atoms with Crippen molar-refractivity contribution in [3.05, 3.63) is 34.6 Å². The van der Waals surface area contributed by atoms with E-state index in [9.17, 15) is 24.7 Å². The molecule has 1 unspecified atom stereocenters. The predicted octanol–water partition coefficient (Wildman–Crippen LogP) is 0.719. The van der Waals surface area contributed by atoms with E-state index in [1.165, 1.54) is 29.1 Å². The van der Waals surface area contributed by atoms with Crippen molar-refractivity contribution in [3.63, 3.8) is 0 Å². The number of non-ortho nitro benzene ring substituents is 1. The first-order valence-corrected chi connectivity index (χ1v) is 8.45. The second-order valence-electron chi connectivity index (χ2n) is 5.47. The number of aromatic nitrogens is 2. The van der Waals surface area contributed by atoms with Crippen LogP contribution in [-0.2, 0) is 18.3 Å². The van der Waals surface area contributed by atoms with Gasteiger partial charge >= 0.3 is 7.82 Å². The number of nitrogens with zero attached hydrogens (tertiary/aromatic N) is 3. The van der Waals surface area contributed by atoms with Crippen LogP contribution in [0.5, 0.6) is 0 Å². The second kappa shape index (κ2) is 5.31. The van der Waals surface area contributed by atoms with Crippen LogP contribution in [0.25, 0.3) is 11.0 Å². The van der Waals surface area contributed by atoms with Crippen LogP contribution in [0, 0.1) is 10.1 Å². The fourth-order valence-electron chi connectivity index (χ4n) is 2.90. The zero-order valence-electron chi connectivity index (χ0n) is 12.0. The van der Waals surface area contributed by atoms with Crippen molar-refractivity contribution < 1.29 is 33.3 Å². The van der Waals surface area contributed by atoms with Crippen molar-refractivity contribution >= 4 is 24.5 Å². The zero-order chi connectivity index (χ0) is 17.1. The Labute approximate surface area is 134 Å². The summed E-state index contributed by atoms with van der Waals surface area (Å²) in [6.07, 6.45) is -2.66. The number of fused-ring (bicyclic) bond motifs is 2. The van der Waals surface area contributed by atoms with Gasteiger partial charge in [0.15, 0.2) is 6.23 Å². The summed E-state index contributed by atoms with van der Waals surface area (Å²) in [7, 11) is -4.22. The van der Waals surface area contributed by atoms with Crippen molar-refractivity contribution in [2.45, 2.75) is 24.5 Å². The molecule has 0 aliphatic carbocycles. The minimum Gasteiger partial charge on any atom is -0.386 e. The highest BCUT2D eigenvalue weighted by Gasteiger charge is 2.52. The van der Waals surface area contributed by atoms with Crippen LogP contribution in [0.3, 0.4) is 0 Å². The molecule has 2 fully saturated rings. The number of imidazole rings is 1. The van der Waals surface area contributed by atoms with Crippen molar-refractivity contribution in [1.29, 1.82) is 0 Å². The van der Waals surface area contributed by atoms with E-state index in [2.05, 4.69) is 9.51 Å². The first-order chi connectivity index (χ1) is 11.4. The van der Waals surface area contributed by atoms with Gasteiger partial charge in [-0.1, -0.05) is 0 Å². The van der Waals surface area contributed by atoms with Gasteiger partial charge in [-0.15, -0.1) is 0 Å². The fraction of sp³-hybridized carbons (Fsp3) is 0.417. The Balaban J connectivity index is 1.72. The lowest BCUT2D eigenvalue weighted by molar-refractivity contribution is -0.384. The van der Waals surface area contributed by atoms with E-state index in [-0.39, 0.29) is 12.3 Å². The molecule has 11 nitrogen and oxygen atoms in total. The summed E-state index contributed by atoms with van der Waals surface area (Å²) in [5.41, 5.74) is 0.741. The van der Waals surface area contributed by atoms with Gasteiger partial charge in [0.05, 0.1) is 28.9 Å². The maximum absolute atomic E-state index is 11.5. The topological polar surface area (TPSA) is 146 Å². The summed E-state index contributed by atoms with van der Waals surface area (Å²) < 4.78 is 28.1. The van der Waals surface area contributed by atoms with Crippen LogP contribution in [-0.4, -0.2) is 49.4 Å². The van der Waals surface area contributed by atoms with E-state index in [1.54, 1.807) is 0 Å². The Kier molecular flexibility index (Phi) is 3.46. The molecule has 0 radical (unpaired) electrons. The van der Waals surface area contributed by atoms with Gasteiger partial charge in [-0.05, 0) is 6.07 Å². The molecule has 1 aromatic heterocycles. The molecule has 0 amide bonds. The number of nitro benzene ring substituents is 1. The molecular weight excluding hydrogens is 345 g/mol. The minimum atomic E-state index is -4.22. The van der Waals surface area contributed by atoms with Crippen LogP contribution in [0.15, 0.2) is 24.5 Å². The fourth-order valence-corrected chi connectivity index (χ4v) is 3.86. The van der Waals surface area contributed by atoms with Crippen molar-refractivity contribution in [1.82, 2.24) is 9.55 Å². The summed E-state index contributed by atoms with van der Waals surface area (Å²) in [5.74, 6) is 0. The molecule has 0 bridgehead atoms. The maximum Gasteiger partial charge on any atom is 0.472 e. The molecule has 2 aromatic rings. The molecule has 2 aliphatic rings. The number of nitro groups is 1. The average molecular weight is 357 g/mol. The lowest BCUT2D eigenvalue weighted by atomic mass is 10.1. The Morgan fingerprint density at radius 1 is 1.46 bits per heavy atom. The lowest BCUT2D eigenvalue weighted by Gasteiger charge is -2.27. The molecule has 2 N–H and O–H groups in total. The molecule has 0 saturated carbocycles. The third-order valence-corrected chi connectivity index (χ3v) is 4.99. The highest BCUT2D eigenvalue weighted by Crippen LogP contribution is 2.52. The van der Waals surface area contributed by atoms with Crippen molar-refractivity contribution in [2.75, 3.05) is 6.61 Å². The number of aliphatic hydroxyl groups is 1. The van der Waals surface area contributed by atoms with Crippen LogP contribution in [0.1, 0.15) is 6.23 Å². The van der Waals surface area contributed by atoms with Gasteiger partial charge in [-0.25, -0.2) is 9.55 Å². The van der Waals surface area contributed by atoms with Gasteiger partial charge in [0.25, 0.3) is 5.69 Å². The zero-order valence-corrected chi connectivity index (χ0v) is 12.9. The molecule has 0 spiro atoms. The Bertz CT molecular complexity index is 869. The molecule has 12 heteroatoms. The number of ether oxygens (including phenoxy) is 1. The predicted molar refractivity (Wildman–Crippen MR) is 77.0 cm³/mol. The SMILES string of the molecule is O=[N+]([O-])c1ccc2ncn([C@@H]3O[C@@H]4COP(=O)(O)O[C@H]4[C@H]3O)c2c1. The quantitative estimate of drug-likeness (QED) is 0.451. The van der Waals surface area contributed by atoms with Gasteiger partial charge in [-0.2, -0.15) is 0 Å². The maximum atomic E-state index is 11.5. The lowest BCUT2D eigenvalue weighted by Crippen LogP contribution is -2.39. The Morgan fingerprint density at radius 3 is 3.00 bits per heavy atom. The summed E-state index contributed by atoms with van der Waals surface area (Å²) in [5, 5.41) is 21.3.